The second-order valence-corrected chi connectivity index (χ2v) is 6.78. The number of nitrogens with zero attached hydrogens (tertiary/aromatic N) is 4. The molecular formula is C17H17ClN4O2S. The molecule has 6 nitrogen and oxygen atoms in total. The maximum atomic E-state index is 12.1. The second kappa shape index (κ2) is 7.41. The van der Waals surface area contributed by atoms with E-state index in [1.807, 2.05) is 31.2 Å². The summed E-state index contributed by atoms with van der Waals surface area (Å²) < 4.78 is 6.69. The van der Waals surface area contributed by atoms with E-state index in [1.54, 1.807) is 18.4 Å². The molecule has 0 amide bonds. The van der Waals surface area contributed by atoms with Crippen LogP contribution in [0.1, 0.15) is 34.2 Å². The molecule has 8 heteroatoms. The summed E-state index contributed by atoms with van der Waals surface area (Å²) in [6.45, 7) is 5.67. The molecule has 0 saturated heterocycles. The summed E-state index contributed by atoms with van der Waals surface area (Å²) in [5.74, 6) is 0.771. The Balaban J connectivity index is 1.89. The van der Waals surface area contributed by atoms with E-state index in [0.717, 1.165) is 5.56 Å². The highest BCUT2D eigenvalue weighted by molar-refractivity contribution is 7.98. The first-order valence-corrected chi connectivity index (χ1v) is 9.14. The van der Waals surface area contributed by atoms with Crippen LogP contribution >= 0.6 is 23.4 Å². The molecule has 0 fully saturated rings. The largest absolute Gasteiger partial charge is 0.462 e. The van der Waals surface area contributed by atoms with E-state index in [9.17, 15) is 4.79 Å². The molecule has 0 radical (unpaired) electrons. The number of thioether (sulfide) groups is 1. The summed E-state index contributed by atoms with van der Waals surface area (Å²) in [6, 6.07) is 7.67. The number of ether oxygens (including phenoxy) is 1. The fourth-order valence-electron chi connectivity index (χ4n) is 2.49. The van der Waals surface area contributed by atoms with Crippen molar-refractivity contribution in [3.8, 4) is 0 Å². The molecule has 0 aliphatic rings. The fraction of sp³-hybridized carbons (Fsp3) is 0.294. The minimum absolute atomic E-state index is 0.313. The highest BCUT2D eigenvalue weighted by Gasteiger charge is 2.20. The number of carbonyl (C=O) groups excluding carboxylic acids is 1. The monoisotopic (exact) mass is 376 g/mol. The summed E-state index contributed by atoms with van der Waals surface area (Å²) in [4.78, 5) is 21.0. The number of hydrogen-bond acceptors (Lipinski definition) is 6. The number of fused-ring (bicyclic) bond motifs is 1. The van der Waals surface area contributed by atoms with Gasteiger partial charge in [-0.15, -0.1) is 5.10 Å². The highest BCUT2D eigenvalue weighted by Crippen LogP contribution is 2.23. The van der Waals surface area contributed by atoms with Crippen LogP contribution in [0.15, 0.2) is 29.4 Å². The Morgan fingerprint density at radius 3 is 2.84 bits per heavy atom. The third kappa shape index (κ3) is 3.77. The predicted molar refractivity (Wildman–Crippen MR) is 97.2 cm³/mol. The van der Waals surface area contributed by atoms with Crippen molar-refractivity contribution in [1.29, 1.82) is 0 Å². The van der Waals surface area contributed by atoms with Gasteiger partial charge >= 0.3 is 5.97 Å². The van der Waals surface area contributed by atoms with Gasteiger partial charge in [-0.2, -0.15) is 9.50 Å². The van der Waals surface area contributed by atoms with Crippen LogP contribution in [-0.4, -0.2) is 32.2 Å². The Hall–Kier alpha value is -2.12. The summed E-state index contributed by atoms with van der Waals surface area (Å²) in [5.41, 5.74) is 2.78. The number of hydrogen-bond donors (Lipinski definition) is 0. The van der Waals surface area contributed by atoms with Gasteiger partial charge in [0.25, 0.3) is 5.78 Å². The molecule has 130 valence electrons. The topological polar surface area (TPSA) is 69.4 Å². The number of aryl methyl sites for hydroxylation is 2. The number of benzene rings is 1. The molecular weight excluding hydrogens is 360 g/mol. The minimum Gasteiger partial charge on any atom is -0.462 e. The van der Waals surface area contributed by atoms with Crippen molar-refractivity contribution in [2.75, 3.05) is 6.61 Å². The molecule has 0 saturated carbocycles. The summed E-state index contributed by atoms with van der Waals surface area (Å²) in [7, 11) is 0. The van der Waals surface area contributed by atoms with Gasteiger partial charge < -0.3 is 4.74 Å². The third-order valence-corrected chi connectivity index (χ3v) is 4.76. The Morgan fingerprint density at radius 1 is 1.32 bits per heavy atom. The molecule has 3 rings (SSSR count). The molecule has 0 N–H and O–H groups in total. The van der Waals surface area contributed by atoms with Crippen LogP contribution < -0.4 is 0 Å². The molecule has 3 aromatic rings. The summed E-state index contributed by atoms with van der Waals surface area (Å²) in [6.07, 6.45) is 0. The van der Waals surface area contributed by atoms with Crippen LogP contribution in [0, 0.1) is 13.8 Å². The molecule has 0 aliphatic carbocycles. The van der Waals surface area contributed by atoms with Gasteiger partial charge in [0.1, 0.15) is 5.56 Å². The van der Waals surface area contributed by atoms with Gasteiger partial charge in [-0.05, 0) is 38.5 Å². The van der Waals surface area contributed by atoms with Crippen molar-refractivity contribution >= 4 is 35.1 Å². The standard InChI is InChI=1S/C17H17ClN4O2S/c1-4-24-15(23)14-10(2)19-16-20-17(21-22(16)11(14)3)25-9-12-6-5-7-13(18)8-12/h5-8H,4,9H2,1-3H3. The average Bonchev–Trinajstić information content (AvgIpc) is 2.96. The van der Waals surface area contributed by atoms with Gasteiger partial charge in [0, 0.05) is 10.8 Å². The molecule has 0 unspecified atom stereocenters. The van der Waals surface area contributed by atoms with Crippen molar-refractivity contribution in [2.45, 2.75) is 31.7 Å². The maximum absolute atomic E-state index is 12.1. The van der Waals surface area contributed by atoms with E-state index in [2.05, 4.69) is 15.1 Å². The first-order valence-electron chi connectivity index (χ1n) is 7.78. The van der Waals surface area contributed by atoms with Crippen molar-refractivity contribution in [3.05, 3.63) is 51.8 Å². The van der Waals surface area contributed by atoms with Crippen LogP contribution in [0.4, 0.5) is 0 Å². The molecule has 0 spiro atoms. The van der Waals surface area contributed by atoms with E-state index < -0.39 is 5.97 Å². The Labute approximate surface area is 154 Å². The highest BCUT2D eigenvalue weighted by atomic mass is 35.5. The maximum Gasteiger partial charge on any atom is 0.341 e. The van der Waals surface area contributed by atoms with E-state index in [1.165, 1.54) is 11.8 Å². The van der Waals surface area contributed by atoms with Gasteiger partial charge in [-0.3, -0.25) is 0 Å². The van der Waals surface area contributed by atoms with Crippen molar-refractivity contribution in [3.63, 3.8) is 0 Å². The Bertz CT molecular complexity index is 942. The first kappa shape index (κ1) is 17.7. The predicted octanol–water partition coefficient (Wildman–Crippen LogP) is 3.86. The lowest BCUT2D eigenvalue weighted by atomic mass is 10.2. The van der Waals surface area contributed by atoms with Gasteiger partial charge in [-0.1, -0.05) is 35.5 Å². The summed E-state index contributed by atoms with van der Waals surface area (Å²) in [5, 5.41) is 5.75. The van der Waals surface area contributed by atoms with Crippen LogP contribution in [0.25, 0.3) is 5.78 Å². The lowest BCUT2D eigenvalue weighted by Gasteiger charge is -2.08. The SMILES string of the molecule is CCOC(=O)c1c(C)nc2nc(SCc3cccc(Cl)c3)nn2c1C. The van der Waals surface area contributed by atoms with Crippen molar-refractivity contribution in [2.24, 2.45) is 0 Å². The molecule has 0 atom stereocenters. The summed E-state index contributed by atoms with van der Waals surface area (Å²) >= 11 is 7.49. The fourth-order valence-corrected chi connectivity index (χ4v) is 3.46. The van der Waals surface area contributed by atoms with Crippen LogP contribution in [0.5, 0.6) is 0 Å². The third-order valence-electron chi connectivity index (χ3n) is 3.62. The van der Waals surface area contributed by atoms with E-state index in [4.69, 9.17) is 16.3 Å². The average molecular weight is 377 g/mol. The van der Waals surface area contributed by atoms with Crippen LogP contribution in [0.3, 0.4) is 0 Å². The second-order valence-electron chi connectivity index (χ2n) is 5.40. The number of carbonyl (C=O) groups is 1. The number of esters is 1. The Morgan fingerprint density at radius 2 is 2.12 bits per heavy atom. The molecule has 2 aromatic heterocycles. The molecule has 0 aliphatic heterocycles. The van der Waals surface area contributed by atoms with Crippen LogP contribution in [-0.2, 0) is 10.5 Å². The first-order chi connectivity index (χ1) is 12.0. The number of rotatable bonds is 5. The zero-order valence-electron chi connectivity index (χ0n) is 14.1. The number of halogens is 1. The lowest BCUT2D eigenvalue weighted by Crippen LogP contribution is -2.14. The van der Waals surface area contributed by atoms with E-state index in [0.29, 0.717) is 45.3 Å². The molecule has 1 aromatic carbocycles. The smallest absolute Gasteiger partial charge is 0.341 e. The van der Waals surface area contributed by atoms with Crippen molar-refractivity contribution in [1.82, 2.24) is 19.6 Å². The minimum atomic E-state index is -0.393. The Kier molecular flexibility index (Phi) is 5.24. The van der Waals surface area contributed by atoms with Gasteiger partial charge in [0.05, 0.1) is 18.0 Å². The van der Waals surface area contributed by atoms with Gasteiger partial charge in [0.15, 0.2) is 0 Å². The molecule has 25 heavy (non-hydrogen) atoms. The van der Waals surface area contributed by atoms with Gasteiger partial charge in [0.2, 0.25) is 5.16 Å². The van der Waals surface area contributed by atoms with E-state index >= 15 is 0 Å². The van der Waals surface area contributed by atoms with Crippen molar-refractivity contribution < 1.29 is 9.53 Å². The normalized spacial score (nSPS) is 11.0. The van der Waals surface area contributed by atoms with E-state index in [-0.39, 0.29) is 0 Å². The zero-order valence-corrected chi connectivity index (χ0v) is 15.7. The molecule has 0 bridgehead atoms. The molecule has 2 heterocycles. The number of aromatic nitrogens is 4. The quantitative estimate of drug-likeness (QED) is 0.497. The van der Waals surface area contributed by atoms with Gasteiger partial charge in [-0.25, -0.2) is 9.78 Å². The van der Waals surface area contributed by atoms with Crippen LogP contribution in [0.2, 0.25) is 5.02 Å². The zero-order chi connectivity index (χ0) is 18.0. The lowest BCUT2D eigenvalue weighted by molar-refractivity contribution is 0.0523.